The Hall–Kier alpha value is -2.28. The van der Waals surface area contributed by atoms with E-state index >= 15 is 0 Å². The largest absolute Gasteiger partial charge is 0.354 e. The minimum Gasteiger partial charge on any atom is -0.354 e. The maximum Gasteiger partial charge on any atom is 0.226 e. The molecule has 2 aromatic heterocycles. The maximum atomic E-state index is 12.1. The Balaban J connectivity index is 1.41. The fraction of sp³-hybridized carbons (Fsp3) is 0.615. The summed E-state index contributed by atoms with van der Waals surface area (Å²) in [4.78, 5) is 16.4. The number of hydrogen-bond acceptors (Lipinski definition) is 6. The van der Waals surface area contributed by atoms with Crippen LogP contribution in [-0.2, 0) is 11.3 Å². The summed E-state index contributed by atoms with van der Waals surface area (Å²) in [6.07, 6.45) is 23.3. The van der Waals surface area contributed by atoms with Crippen molar-refractivity contribution in [2.45, 2.75) is 103 Å². The number of pyridine rings is 1. The van der Waals surface area contributed by atoms with Crippen LogP contribution in [0.1, 0.15) is 103 Å². The molecule has 7 heteroatoms. The predicted molar refractivity (Wildman–Crippen MR) is 140 cm³/mol. The summed E-state index contributed by atoms with van der Waals surface area (Å²) in [7, 11) is 0. The number of unbranched alkanes of at least 4 members (excludes halogenated alkanes) is 11. The number of nitrogens with one attached hydrogen (secondary N) is 2. The third kappa shape index (κ3) is 13.8. The Morgan fingerprint density at radius 3 is 2.24 bits per heavy atom. The van der Waals surface area contributed by atoms with E-state index in [1.165, 1.54) is 82.0 Å². The zero-order valence-electron chi connectivity index (χ0n) is 20.2. The van der Waals surface area contributed by atoms with E-state index in [1.54, 1.807) is 6.20 Å². The van der Waals surface area contributed by atoms with Gasteiger partial charge in [-0.15, -0.1) is 10.2 Å². The molecule has 0 unspecified atom stereocenters. The van der Waals surface area contributed by atoms with Crippen LogP contribution in [-0.4, -0.2) is 21.1 Å². The monoisotopic (exact) mass is 471 g/mol. The molecule has 2 aromatic rings. The van der Waals surface area contributed by atoms with Gasteiger partial charge < -0.3 is 10.6 Å². The molecular weight excluding hydrogens is 430 g/mol. The van der Waals surface area contributed by atoms with Crippen molar-refractivity contribution in [3.63, 3.8) is 0 Å². The highest BCUT2D eigenvalue weighted by Crippen LogP contribution is 2.21. The zero-order chi connectivity index (χ0) is 23.4. The Morgan fingerprint density at radius 1 is 0.879 bits per heavy atom. The number of hydrogen-bond donors (Lipinski definition) is 2. The molecule has 0 saturated carbocycles. The van der Waals surface area contributed by atoms with Crippen molar-refractivity contribution in [1.29, 1.82) is 0 Å². The van der Waals surface area contributed by atoms with E-state index in [9.17, 15) is 4.79 Å². The van der Waals surface area contributed by atoms with Crippen LogP contribution in [0, 0.1) is 0 Å². The lowest BCUT2D eigenvalue weighted by Crippen LogP contribution is -2.10. The summed E-state index contributed by atoms with van der Waals surface area (Å²) in [5.74, 6) is 0.0139. The summed E-state index contributed by atoms with van der Waals surface area (Å²) < 4.78 is 0. The first-order valence-electron chi connectivity index (χ1n) is 12.7. The van der Waals surface area contributed by atoms with Crippen molar-refractivity contribution >= 4 is 27.5 Å². The van der Waals surface area contributed by atoms with Crippen LogP contribution in [0.2, 0.25) is 0 Å². The molecule has 6 nitrogen and oxygen atoms in total. The molecule has 0 bridgehead atoms. The van der Waals surface area contributed by atoms with E-state index in [2.05, 4.69) is 44.9 Å². The molecule has 0 fully saturated rings. The molecule has 0 aliphatic heterocycles. The van der Waals surface area contributed by atoms with Crippen molar-refractivity contribution in [2.24, 2.45) is 0 Å². The van der Waals surface area contributed by atoms with Crippen LogP contribution in [0.3, 0.4) is 0 Å². The molecule has 33 heavy (non-hydrogen) atoms. The maximum absolute atomic E-state index is 12.1. The SMILES string of the molecule is CCCCCCCCC=CCCCCCCCC(=O)Nc1nnc(NCc2ccccn2)s1. The van der Waals surface area contributed by atoms with Gasteiger partial charge in [-0.25, -0.2) is 0 Å². The summed E-state index contributed by atoms with van der Waals surface area (Å²) in [6, 6.07) is 5.79. The number of carbonyl (C=O) groups is 1. The molecule has 0 aliphatic carbocycles. The topological polar surface area (TPSA) is 79.8 Å². The summed E-state index contributed by atoms with van der Waals surface area (Å²) >= 11 is 1.34. The van der Waals surface area contributed by atoms with Gasteiger partial charge in [0.1, 0.15) is 0 Å². The first kappa shape index (κ1) is 27.0. The van der Waals surface area contributed by atoms with Crippen LogP contribution >= 0.6 is 11.3 Å². The molecule has 2 N–H and O–H groups in total. The minimum atomic E-state index is 0.0139. The number of aromatic nitrogens is 3. The van der Waals surface area contributed by atoms with E-state index in [4.69, 9.17) is 0 Å². The number of carbonyl (C=O) groups excluding carboxylic acids is 1. The molecular formula is C26H41N5OS. The number of nitrogens with zero attached hydrogens (tertiary/aromatic N) is 3. The van der Waals surface area contributed by atoms with Crippen LogP contribution in [0.4, 0.5) is 10.3 Å². The molecule has 2 heterocycles. The second-order valence-corrected chi connectivity index (χ2v) is 9.45. The van der Waals surface area contributed by atoms with E-state index in [1.807, 2.05) is 18.2 Å². The van der Waals surface area contributed by atoms with Gasteiger partial charge in [0.15, 0.2) is 0 Å². The molecule has 0 aromatic carbocycles. The summed E-state index contributed by atoms with van der Waals surface area (Å²) in [5, 5.41) is 15.4. The third-order valence-electron chi connectivity index (χ3n) is 5.48. The van der Waals surface area contributed by atoms with Gasteiger partial charge in [-0.05, 0) is 44.2 Å². The van der Waals surface area contributed by atoms with Crippen LogP contribution in [0.25, 0.3) is 0 Å². The van der Waals surface area contributed by atoms with Gasteiger partial charge >= 0.3 is 0 Å². The molecule has 1 amide bonds. The molecule has 0 saturated heterocycles. The lowest BCUT2D eigenvalue weighted by Gasteiger charge is -2.02. The molecule has 0 aliphatic rings. The first-order valence-corrected chi connectivity index (χ1v) is 13.5. The lowest BCUT2D eigenvalue weighted by molar-refractivity contribution is -0.116. The van der Waals surface area contributed by atoms with Crippen molar-refractivity contribution in [3.05, 3.63) is 42.2 Å². The predicted octanol–water partition coefficient (Wildman–Crippen LogP) is 7.52. The van der Waals surface area contributed by atoms with Crippen LogP contribution in [0.5, 0.6) is 0 Å². The Kier molecular flexibility index (Phi) is 14.9. The quantitative estimate of drug-likeness (QED) is 0.164. The Bertz CT molecular complexity index is 778. The van der Waals surface area contributed by atoms with Gasteiger partial charge in [-0.3, -0.25) is 9.78 Å². The van der Waals surface area contributed by atoms with E-state index < -0.39 is 0 Å². The summed E-state index contributed by atoms with van der Waals surface area (Å²) in [6.45, 7) is 2.85. The molecule has 182 valence electrons. The van der Waals surface area contributed by atoms with Gasteiger partial charge in [-0.2, -0.15) is 0 Å². The van der Waals surface area contributed by atoms with Gasteiger partial charge in [0.25, 0.3) is 0 Å². The van der Waals surface area contributed by atoms with Crippen LogP contribution in [0.15, 0.2) is 36.5 Å². The standard InChI is InChI=1S/C26H41N5OS/c1-2-3-4-5-6-7-8-9-10-11-12-13-14-15-16-20-24(32)29-26-31-30-25(33-26)28-22-23-19-17-18-21-27-23/h9-10,17-19,21H,2-8,11-16,20,22H2,1H3,(H,28,30)(H,29,31,32). The third-order valence-corrected chi connectivity index (χ3v) is 6.28. The van der Waals surface area contributed by atoms with E-state index in [0.717, 1.165) is 18.5 Å². The zero-order valence-corrected chi connectivity index (χ0v) is 21.0. The fourth-order valence-electron chi connectivity index (χ4n) is 3.55. The highest BCUT2D eigenvalue weighted by molar-refractivity contribution is 7.19. The van der Waals surface area contributed by atoms with E-state index in [0.29, 0.717) is 23.2 Å². The van der Waals surface area contributed by atoms with Crippen molar-refractivity contribution in [3.8, 4) is 0 Å². The number of rotatable bonds is 19. The number of anilines is 2. The fourth-order valence-corrected chi connectivity index (χ4v) is 4.21. The minimum absolute atomic E-state index is 0.0139. The van der Waals surface area contributed by atoms with Crippen molar-refractivity contribution in [2.75, 3.05) is 10.6 Å². The van der Waals surface area contributed by atoms with Gasteiger partial charge in [-0.1, -0.05) is 87.8 Å². The van der Waals surface area contributed by atoms with Crippen molar-refractivity contribution < 1.29 is 4.79 Å². The average Bonchev–Trinajstić information content (AvgIpc) is 3.28. The second-order valence-electron chi connectivity index (χ2n) is 8.47. The Labute approximate surface area is 203 Å². The number of amides is 1. The normalized spacial score (nSPS) is 11.2. The highest BCUT2D eigenvalue weighted by Gasteiger charge is 2.08. The second kappa shape index (κ2) is 18.2. The van der Waals surface area contributed by atoms with Crippen LogP contribution < -0.4 is 10.6 Å². The van der Waals surface area contributed by atoms with E-state index in [-0.39, 0.29) is 5.91 Å². The van der Waals surface area contributed by atoms with Gasteiger partial charge in [0.05, 0.1) is 12.2 Å². The van der Waals surface area contributed by atoms with Gasteiger partial charge in [0.2, 0.25) is 16.2 Å². The number of allylic oxidation sites excluding steroid dienone is 2. The smallest absolute Gasteiger partial charge is 0.226 e. The first-order chi connectivity index (χ1) is 16.3. The van der Waals surface area contributed by atoms with Crippen molar-refractivity contribution in [1.82, 2.24) is 15.2 Å². The Morgan fingerprint density at radius 2 is 1.55 bits per heavy atom. The molecule has 2 rings (SSSR count). The average molecular weight is 472 g/mol. The molecule has 0 spiro atoms. The molecule has 0 radical (unpaired) electrons. The lowest BCUT2D eigenvalue weighted by atomic mass is 10.1. The summed E-state index contributed by atoms with van der Waals surface area (Å²) in [5.41, 5.74) is 0.933. The highest BCUT2D eigenvalue weighted by atomic mass is 32.1. The molecule has 0 atom stereocenters. The van der Waals surface area contributed by atoms with Gasteiger partial charge in [0, 0.05) is 12.6 Å².